The van der Waals surface area contributed by atoms with Gasteiger partial charge in [-0.25, -0.2) is 9.97 Å². The lowest BCUT2D eigenvalue weighted by Gasteiger charge is -2.23. The van der Waals surface area contributed by atoms with E-state index in [4.69, 9.17) is 4.74 Å². The summed E-state index contributed by atoms with van der Waals surface area (Å²) in [5.74, 6) is -1.14. The van der Waals surface area contributed by atoms with Gasteiger partial charge in [0.15, 0.2) is 11.6 Å². The number of aliphatic carboxylic acids is 1. The first-order chi connectivity index (χ1) is 24.2. The Kier molecular flexibility index (Phi) is 12.9. The Morgan fingerprint density at radius 1 is 0.800 bits per heavy atom. The van der Waals surface area contributed by atoms with Gasteiger partial charge in [0.05, 0.1) is 18.6 Å². The molecule has 0 bridgehead atoms. The van der Waals surface area contributed by atoms with Crippen LogP contribution in [-0.4, -0.2) is 45.4 Å². The lowest BCUT2D eigenvalue weighted by Crippen LogP contribution is -2.46. The van der Waals surface area contributed by atoms with E-state index in [1.807, 2.05) is 60.7 Å². The minimum atomic E-state index is -0.958. The summed E-state index contributed by atoms with van der Waals surface area (Å²) in [6, 6.07) is 22.1. The van der Waals surface area contributed by atoms with Crippen LogP contribution < -0.4 is 10.1 Å². The average Bonchev–Trinajstić information content (AvgIpc) is 3.64. The fraction of sp³-hybridized carbons (Fsp3) is 0.405. The first-order valence-corrected chi connectivity index (χ1v) is 18.1. The minimum absolute atomic E-state index is 0.230. The molecule has 5 rings (SSSR count). The van der Waals surface area contributed by atoms with Crippen molar-refractivity contribution in [1.82, 2.24) is 15.3 Å². The highest BCUT2D eigenvalue weighted by molar-refractivity contribution is 5.99. The molecule has 3 atom stereocenters. The number of nitrogens with zero attached hydrogens (tertiary/aromatic N) is 2. The first kappa shape index (κ1) is 36.4. The smallest absolute Gasteiger partial charge is 0.307 e. The second kappa shape index (κ2) is 17.7. The molecule has 0 spiro atoms. The number of aromatic nitrogens is 2. The van der Waals surface area contributed by atoms with Crippen molar-refractivity contribution in [2.75, 3.05) is 6.61 Å². The molecule has 3 aromatic carbocycles. The fourth-order valence-electron chi connectivity index (χ4n) is 6.63. The van der Waals surface area contributed by atoms with E-state index in [1.165, 1.54) is 25.7 Å². The predicted molar refractivity (Wildman–Crippen MR) is 196 cm³/mol. The van der Waals surface area contributed by atoms with Crippen LogP contribution in [0.3, 0.4) is 0 Å². The van der Waals surface area contributed by atoms with Crippen molar-refractivity contribution in [3.05, 3.63) is 102 Å². The maximum Gasteiger partial charge on any atom is 0.307 e. The maximum absolute atomic E-state index is 13.8. The molecule has 1 saturated carbocycles. The Morgan fingerprint density at radius 3 is 2.08 bits per heavy atom. The third-order valence-electron chi connectivity index (χ3n) is 9.69. The molecular weight excluding hydrogens is 626 g/mol. The third-order valence-corrected chi connectivity index (χ3v) is 9.69. The Balaban J connectivity index is 1.24. The molecule has 1 aliphatic carbocycles. The SMILES string of the molecule is CCCCCCCOc1ccc(-c2cnc(-c3ccc(C[C@H](NC(=O)c4ccc(C(C)C)cc4)C(=O)C4CCC[C@H]4C(=O)O)cc3)nc2)cc1. The van der Waals surface area contributed by atoms with Gasteiger partial charge in [0, 0.05) is 35.0 Å². The second-order valence-corrected chi connectivity index (χ2v) is 13.7. The van der Waals surface area contributed by atoms with Gasteiger partial charge < -0.3 is 15.2 Å². The van der Waals surface area contributed by atoms with Gasteiger partial charge >= 0.3 is 5.97 Å². The van der Waals surface area contributed by atoms with Gasteiger partial charge in [0.25, 0.3) is 5.91 Å². The van der Waals surface area contributed by atoms with E-state index in [2.05, 4.69) is 36.1 Å². The van der Waals surface area contributed by atoms with Gasteiger partial charge in [-0.15, -0.1) is 0 Å². The van der Waals surface area contributed by atoms with Gasteiger partial charge in [0.2, 0.25) is 0 Å². The number of amides is 1. The Morgan fingerprint density at radius 2 is 1.44 bits per heavy atom. The van der Waals surface area contributed by atoms with Crippen molar-refractivity contribution in [2.24, 2.45) is 11.8 Å². The number of ether oxygens (including phenoxy) is 1. The summed E-state index contributed by atoms with van der Waals surface area (Å²) in [7, 11) is 0. The molecule has 262 valence electrons. The normalized spacial score (nSPS) is 16.2. The number of carbonyl (C=O) groups excluding carboxylic acids is 2. The molecule has 50 heavy (non-hydrogen) atoms. The number of unbranched alkanes of at least 4 members (excludes halogenated alkanes) is 4. The minimum Gasteiger partial charge on any atom is -0.494 e. The van der Waals surface area contributed by atoms with Crippen molar-refractivity contribution in [3.8, 4) is 28.3 Å². The molecule has 8 nitrogen and oxygen atoms in total. The quantitative estimate of drug-likeness (QED) is 0.108. The van der Waals surface area contributed by atoms with Gasteiger partial charge in [-0.1, -0.05) is 101 Å². The van der Waals surface area contributed by atoms with Crippen LogP contribution in [0, 0.1) is 11.8 Å². The van der Waals surface area contributed by atoms with Crippen LogP contribution in [0.5, 0.6) is 5.75 Å². The zero-order valence-electron chi connectivity index (χ0n) is 29.4. The van der Waals surface area contributed by atoms with Crippen LogP contribution in [0.4, 0.5) is 0 Å². The van der Waals surface area contributed by atoms with Crippen molar-refractivity contribution >= 4 is 17.7 Å². The summed E-state index contributed by atoms with van der Waals surface area (Å²) in [6.07, 6.45) is 11.5. The Labute approximate surface area is 295 Å². The number of carboxylic acids is 1. The Bertz CT molecular complexity index is 1700. The van der Waals surface area contributed by atoms with Crippen LogP contribution >= 0.6 is 0 Å². The molecule has 0 aliphatic heterocycles. The predicted octanol–water partition coefficient (Wildman–Crippen LogP) is 8.69. The van der Waals surface area contributed by atoms with Gasteiger partial charge in [-0.05, 0) is 72.6 Å². The summed E-state index contributed by atoms with van der Waals surface area (Å²) in [5, 5.41) is 12.7. The van der Waals surface area contributed by atoms with Crippen LogP contribution in [-0.2, 0) is 16.0 Å². The van der Waals surface area contributed by atoms with E-state index in [9.17, 15) is 19.5 Å². The number of nitrogens with one attached hydrogen (secondary N) is 1. The van der Waals surface area contributed by atoms with Gasteiger partial charge in [0.1, 0.15) is 5.75 Å². The molecule has 1 aromatic heterocycles. The topological polar surface area (TPSA) is 118 Å². The molecule has 1 fully saturated rings. The average molecular weight is 676 g/mol. The van der Waals surface area contributed by atoms with E-state index in [0.29, 0.717) is 36.6 Å². The first-order valence-electron chi connectivity index (χ1n) is 18.1. The molecule has 1 aliphatic rings. The molecule has 1 amide bonds. The summed E-state index contributed by atoms with van der Waals surface area (Å²) in [5.41, 5.74) is 5.14. The summed E-state index contributed by atoms with van der Waals surface area (Å²) in [4.78, 5) is 48.3. The highest BCUT2D eigenvalue weighted by Gasteiger charge is 2.40. The molecule has 2 N–H and O–H groups in total. The fourth-order valence-corrected chi connectivity index (χ4v) is 6.63. The van der Waals surface area contributed by atoms with Crippen LogP contribution in [0.2, 0.25) is 0 Å². The number of ketones is 1. The zero-order chi connectivity index (χ0) is 35.5. The summed E-state index contributed by atoms with van der Waals surface area (Å²) < 4.78 is 5.90. The lowest BCUT2D eigenvalue weighted by atomic mass is 9.86. The standard InChI is InChI=1S/C42H49N3O5/c1-4-5-6-7-8-24-50-35-22-20-31(21-23-35)34-26-43-40(44-27-34)32-14-12-29(13-15-32)25-38(39(46)36-10-9-11-37(36)42(48)49)45-41(47)33-18-16-30(17-19-33)28(2)3/h12-23,26-28,36-38H,4-11,24-25H2,1-3H3,(H,45,47)(H,48,49)/t36?,37-,38+/m1/s1. The number of hydrogen-bond donors (Lipinski definition) is 2. The third kappa shape index (κ3) is 9.65. The molecule has 8 heteroatoms. The number of carboxylic acid groups (broad SMARTS) is 1. The highest BCUT2D eigenvalue weighted by Crippen LogP contribution is 2.34. The van der Waals surface area contributed by atoms with E-state index >= 15 is 0 Å². The van der Waals surface area contributed by atoms with E-state index in [-0.39, 0.29) is 18.1 Å². The summed E-state index contributed by atoms with van der Waals surface area (Å²) in [6.45, 7) is 7.12. The summed E-state index contributed by atoms with van der Waals surface area (Å²) >= 11 is 0. The van der Waals surface area contributed by atoms with Crippen molar-refractivity contribution < 1.29 is 24.2 Å². The Hall–Kier alpha value is -4.85. The van der Waals surface area contributed by atoms with Crippen molar-refractivity contribution in [1.29, 1.82) is 0 Å². The van der Waals surface area contributed by atoms with Crippen LogP contribution in [0.1, 0.15) is 99.5 Å². The van der Waals surface area contributed by atoms with E-state index in [0.717, 1.165) is 46.6 Å². The number of benzene rings is 3. The van der Waals surface area contributed by atoms with Crippen molar-refractivity contribution in [2.45, 2.75) is 90.5 Å². The second-order valence-electron chi connectivity index (χ2n) is 13.7. The van der Waals surface area contributed by atoms with E-state index in [1.54, 1.807) is 24.5 Å². The maximum atomic E-state index is 13.8. The lowest BCUT2D eigenvalue weighted by molar-refractivity contribution is -0.146. The highest BCUT2D eigenvalue weighted by atomic mass is 16.5. The molecule has 1 heterocycles. The molecule has 0 radical (unpaired) electrons. The van der Waals surface area contributed by atoms with Crippen LogP contribution in [0.15, 0.2) is 85.2 Å². The van der Waals surface area contributed by atoms with Crippen molar-refractivity contribution in [3.63, 3.8) is 0 Å². The van der Waals surface area contributed by atoms with Gasteiger partial charge in [-0.3, -0.25) is 14.4 Å². The van der Waals surface area contributed by atoms with Gasteiger partial charge in [-0.2, -0.15) is 0 Å². The monoisotopic (exact) mass is 675 g/mol. The zero-order valence-corrected chi connectivity index (χ0v) is 29.4. The molecular formula is C42H49N3O5. The number of carbonyl (C=O) groups is 3. The molecule has 0 saturated heterocycles. The number of Topliss-reactive ketones (excluding diaryl/α,β-unsaturated/α-hetero) is 1. The molecule has 1 unspecified atom stereocenters. The molecule has 4 aromatic rings. The van der Waals surface area contributed by atoms with Crippen LogP contribution in [0.25, 0.3) is 22.5 Å². The van der Waals surface area contributed by atoms with E-state index < -0.39 is 23.8 Å². The number of hydrogen-bond acceptors (Lipinski definition) is 6. The number of rotatable bonds is 17. The largest absolute Gasteiger partial charge is 0.494 e.